The Kier molecular flexibility index (Phi) is 5.01. The van der Waals surface area contributed by atoms with Crippen LogP contribution in [0.25, 0.3) is 0 Å². The molecule has 0 aromatic heterocycles. The second kappa shape index (κ2) is 7.08. The summed E-state index contributed by atoms with van der Waals surface area (Å²) in [6, 6.07) is 0. The molecule has 3 heteroatoms. The molecule has 3 fully saturated rings. The number of ketones is 1. The SMILES string of the molecule is COC(=O)C12CCC3C(=CCC4C5(C)C=CC(=O)C(C)(C)C5CCC34C)C1CC(C)(C)CC2. The molecule has 3 nitrogen and oxygen atoms in total. The number of esters is 1. The Morgan fingerprint density at radius 2 is 1.67 bits per heavy atom. The van der Waals surface area contributed by atoms with Gasteiger partial charge in [0, 0.05) is 5.41 Å². The van der Waals surface area contributed by atoms with Crippen LogP contribution in [0, 0.1) is 50.7 Å². The summed E-state index contributed by atoms with van der Waals surface area (Å²) in [5.74, 6) is 2.13. The number of carbonyl (C=O) groups is 2. The third-order valence-corrected chi connectivity index (χ3v) is 11.7. The van der Waals surface area contributed by atoms with E-state index in [0.717, 1.165) is 44.9 Å². The molecular formula is C30H44O3. The maximum atomic E-state index is 13.2. The number of allylic oxidation sites excluding steroid dienone is 4. The molecule has 0 amide bonds. The third kappa shape index (κ3) is 2.99. The topological polar surface area (TPSA) is 43.4 Å². The summed E-state index contributed by atoms with van der Waals surface area (Å²) in [5.41, 5.74) is 1.51. The summed E-state index contributed by atoms with van der Waals surface area (Å²) >= 11 is 0. The average Bonchev–Trinajstić information content (AvgIpc) is 2.75. The van der Waals surface area contributed by atoms with Gasteiger partial charge in [-0.25, -0.2) is 0 Å². The van der Waals surface area contributed by atoms with Gasteiger partial charge in [-0.2, -0.15) is 0 Å². The van der Waals surface area contributed by atoms with Crippen LogP contribution in [-0.2, 0) is 14.3 Å². The van der Waals surface area contributed by atoms with Crippen molar-refractivity contribution in [3.05, 3.63) is 23.8 Å². The highest BCUT2D eigenvalue weighted by molar-refractivity contribution is 5.95. The standard InChI is InChI=1S/C30H44O3/c1-26(2)16-17-30(25(32)33-7)15-10-20-19(21(30)18-26)8-9-23-28(20,5)13-11-22-27(3,4)24(31)12-14-29(22,23)6/h8,12,14,20-23H,9-11,13,15-18H2,1-7H3. The number of rotatable bonds is 1. The van der Waals surface area contributed by atoms with E-state index in [-0.39, 0.29) is 33.0 Å². The van der Waals surface area contributed by atoms with Crippen LogP contribution in [0.15, 0.2) is 23.8 Å². The van der Waals surface area contributed by atoms with Gasteiger partial charge in [0.2, 0.25) is 0 Å². The Hall–Kier alpha value is -1.38. The van der Waals surface area contributed by atoms with Gasteiger partial charge in [-0.05, 0) is 97.4 Å². The van der Waals surface area contributed by atoms with Crippen LogP contribution in [0.5, 0.6) is 0 Å². The minimum Gasteiger partial charge on any atom is -0.469 e. The first kappa shape index (κ1) is 23.4. The van der Waals surface area contributed by atoms with E-state index < -0.39 is 0 Å². The number of ether oxygens (including phenoxy) is 1. The molecule has 0 aliphatic heterocycles. The molecule has 182 valence electrons. The lowest BCUT2D eigenvalue weighted by Crippen LogP contribution is -2.60. The highest BCUT2D eigenvalue weighted by Crippen LogP contribution is 2.70. The molecule has 0 radical (unpaired) electrons. The van der Waals surface area contributed by atoms with Crippen molar-refractivity contribution < 1.29 is 14.3 Å². The lowest BCUT2D eigenvalue weighted by atomic mass is 9.38. The van der Waals surface area contributed by atoms with Crippen molar-refractivity contribution in [2.45, 2.75) is 92.9 Å². The van der Waals surface area contributed by atoms with E-state index in [4.69, 9.17) is 4.74 Å². The highest BCUT2D eigenvalue weighted by Gasteiger charge is 2.65. The van der Waals surface area contributed by atoms with E-state index in [0.29, 0.717) is 29.5 Å². The van der Waals surface area contributed by atoms with Crippen LogP contribution in [0.3, 0.4) is 0 Å². The van der Waals surface area contributed by atoms with E-state index in [9.17, 15) is 9.59 Å². The minimum absolute atomic E-state index is 0.0285. The van der Waals surface area contributed by atoms with Gasteiger partial charge >= 0.3 is 5.97 Å². The molecule has 5 rings (SSSR count). The smallest absolute Gasteiger partial charge is 0.312 e. The first-order chi connectivity index (χ1) is 15.3. The first-order valence-corrected chi connectivity index (χ1v) is 13.3. The predicted molar refractivity (Wildman–Crippen MR) is 131 cm³/mol. The van der Waals surface area contributed by atoms with Crippen molar-refractivity contribution in [3.63, 3.8) is 0 Å². The molecule has 0 aromatic rings. The summed E-state index contributed by atoms with van der Waals surface area (Å²) < 4.78 is 5.44. The van der Waals surface area contributed by atoms with Gasteiger partial charge in [-0.15, -0.1) is 0 Å². The normalized spacial score (nSPS) is 47.4. The van der Waals surface area contributed by atoms with Crippen molar-refractivity contribution in [1.82, 2.24) is 0 Å². The molecule has 5 aliphatic rings. The predicted octanol–water partition coefficient (Wildman–Crippen LogP) is 6.92. The summed E-state index contributed by atoms with van der Waals surface area (Å²) in [5, 5.41) is 0. The number of fused-ring (bicyclic) bond motifs is 7. The summed E-state index contributed by atoms with van der Waals surface area (Å²) in [7, 11) is 1.58. The maximum Gasteiger partial charge on any atom is 0.312 e. The van der Waals surface area contributed by atoms with E-state index in [1.165, 1.54) is 6.42 Å². The van der Waals surface area contributed by atoms with Crippen molar-refractivity contribution in [3.8, 4) is 0 Å². The third-order valence-electron chi connectivity index (χ3n) is 11.7. The molecule has 33 heavy (non-hydrogen) atoms. The van der Waals surface area contributed by atoms with Crippen LogP contribution in [-0.4, -0.2) is 18.9 Å². The highest BCUT2D eigenvalue weighted by atomic mass is 16.5. The van der Waals surface area contributed by atoms with Gasteiger partial charge in [0.1, 0.15) is 0 Å². The number of carbonyl (C=O) groups excluding carboxylic acids is 2. The average molecular weight is 453 g/mol. The minimum atomic E-state index is -0.323. The summed E-state index contributed by atoms with van der Waals surface area (Å²) in [4.78, 5) is 26.0. The van der Waals surface area contributed by atoms with Crippen molar-refractivity contribution in [2.75, 3.05) is 7.11 Å². The monoisotopic (exact) mass is 452 g/mol. The van der Waals surface area contributed by atoms with Gasteiger partial charge in [0.05, 0.1) is 12.5 Å². The summed E-state index contributed by atoms with van der Waals surface area (Å²) in [6.45, 7) is 14.1. The van der Waals surface area contributed by atoms with Gasteiger partial charge in [0.15, 0.2) is 5.78 Å². The Bertz CT molecular complexity index is 938. The molecule has 5 aliphatic carbocycles. The molecular weight excluding hydrogens is 408 g/mol. The lowest BCUT2D eigenvalue weighted by molar-refractivity contribution is -0.167. The molecule has 0 bridgehead atoms. The fourth-order valence-corrected chi connectivity index (χ4v) is 9.78. The van der Waals surface area contributed by atoms with Crippen molar-refractivity contribution in [1.29, 1.82) is 0 Å². The van der Waals surface area contributed by atoms with Crippen LogP contribution in [0.2, 0.25) is 0 Å². The number of methoxy groups -OCH3 is 1. The van der Waals surface area contributed by atoms with E-state index in [1.54, 1.807) is 12.7 Å². The Labute approximate surface area is 200 Å². The molecule has 0 heterocycles. The fourth-order valence-electron chi connectivity index (χ4n) is 9.78. The maximum absolute atomic E-state index is 13.2. The largest absolute Gasteiger partial charge is 0.469 e. The number of hydrogen-bond donors (Lipinski definition) is 0. The molecule has 0 N–H and O–H groups in total. The lowest BCUT2D eigenvalue weighted by Gasteiger charge is -2.66. The van der Waals surface area contributed by atoms with E-state index in [2.05, 4.69) is 53.7 Å². The first-order valence-electron chi connectivity index (χ1n) is 13.3. The fraction of sp³-hybridized carbons (Fsp3) is 0.800. The van der Waals surface area contributed by atoms with E-state index >= 15 is 0 Å². The van der Waals surface area contributed by atoms with Crippen LogP contribution in [0.1, 0.15) is 92.9 Å². The van der Waals surface area contributed by atoms with Crippen LogP contribution >= 0.6 is 0 Å². The van der Waals surface area contributed by atoms with Gasteiger partial charge in [0.25, 0.3) is 0 Å². The van der Waals surface area contributed by atoms with Gasteiger partial charge < -0.3 is 4.74 Å². The summed E-state index contributed by atoms with van der Waals surface area (Å²) in [6.07, 6.45) is 15.3. The molecule has 0 saturated heterocycles. The number of hydrogen-bond acceptors (Lipinski definition) is 3. The molecule has 0 aromatic carbocycles. The zero-order valence-corrected chi connectivity index (χ0v) is 21.9. The zero-order valence-electron chi connectivity index (χ0n) is 21.9. The molecule has 0 spiro atoms. The molecule has 7 unspecified atom stereocenters. The molecule has 3 saturated carbocycles. The molecule has 7 atom stereocenters. The second-order valence-corrected chi connectivity index (χ2v) is 14.0. The van der Waals surface area contributed by atoms with E-state index in [1.807, 2.05) is 6.08 Å². The second-order valence-electron chi connectivity index (χ2n) is 14.0. The van der Waals surface area contributed by atoms with Gasteiger partial charge in [-0.1, -0.05) is 59.3 Å². The van der Waals surface area contributed by atoms with Crippen molar-refractivity contribution >= 4 is 11.8 Å². The Morgan fingerprint density at radius 3 is 2.36 bits per heavy atom. The quantitative estimate of drug-likeness (QED) is 0.320. The Balaban J connectivity index is 1.58. The van der Waals surface area contributed by atoms with Gasteiger partial charge in [-0.3, -0.25) is 9.59 Å². The Morgan fingerprint density at radius 1 is 0.939 bits per heavy atom. The zero-order chi connectivity index (χ0) is 24.0. The van der Waals surface area contributed by atoms with Crippen LogP contribution < -0.4 is 0 Å². The van der Waals surface area contributed by atoms with Crippen LogP contribution in [0.4, 0.5) is 0 Å². The van der Waals surface area contributed by atoms with Crippen molar-refractivity contribution in [2.24, 2.45) is 50.7 Å².